The summed E-state index contributed by atoms with van der Waals surface area (Å²) < 4.78 is 6.12. The number of aromatic nitrogens is 1. The second-order valence-corrected chi connectivity index (χ2v) is 14.7. The zero-order valence-electron chi connectivity index (χ0n) is 29.2. The predicted octanol–water partition coefficient (Wildman–Crippen LogP) is 4.13. The number of aliphatic hydroxyl groups excluding tert-OH is 2. The van der Waals surface area contributed by atoms with Crippen molar-refractivity contribution >= 4 is 11.8 Å². The largest absolute Gasteiger partial charge is 0.458 e. The van der Waals surface area contributed by atoms with E-state index in [2.05, 4.69) is 20.5 Å². The Bertz CT molecular complexity index is 1720. The van der Waals surface area contributed by atoms with E-state index in [-0.39, 0.29) is 24.8 Å². The summed E-state index contributed by atoms with van der Waals surface area (Å²) in [5.74, 6) is 0.645. The molecule has 6 rings (SSSR count). The number of nitrogens with one attached hydrogen (secondary N) is 2. The van der Waals surface area contributed by atoms with E-state index in [1.807, 2.05) is 111 Å². The van der Waals surface area contributed by atoms with Crippen LogP contribution in [0.2, 0.25) is 0 Å². The van der Waals surface area contributed by atoms with Crippen molar-refractivity contribution < 1.29 is 24.2 Å². The number of pyridine rings is 1. The summed E-state index contributed by atoms with van der Waals surface area (Å²) in [7, 11) is 0. The lowest BCUT2D eigenvalue weighted by Gasteiger charge is -2.42. The van der Waals surface area contributed by atoms with Crippen LogP contribution >= 0.6 is 0 Å². The molecule has 0 radical (unpaired) electrons. The van der Waals surface area contributed by atoms with Crippen molar-refractivity contribution in [3.8, 4) is 11.5 Å². The number of aliphatic hydroxyl groups is 2. The smallest absolute Gasteiger partial charge is 0.239 e. The number of nitrogens with zero attached hydrogens (tertiary/aromatic N) is 3. The van der Waals surface area contributed by atoms with Crippen molar-refractivity contribution in [1.82, 2.24) is 25.4 Å². The van der Waals surface area contributed by atoms with Crippen LogP contribution in [-0.2, 0) is 29.0 Å². The fourth-order valence-electron chi connectivity index (χ4n) is 7.14. The third-order valence-corrected chi connectivity index (χ3v) is 9.53. The normalized spacial score (nSPS) is 20.9. The third kappa shape index (κ3) is 9.05. The molecule has 264 valence electrons. The van der Waals surface area contributed by atoms with Gasteiger partial charge in [0.25, 0.3) is 0 Å². The van der Waals surface area contributed by atoms with Gasteiger partial charge in [0.05, 0.1) is 24.8 Å². The highest BCUT2D eigenvalue weighted by atomic mass is 16.3. The fourth-order valence-corrected chi connectivity index (χ4v) is 7.14. The predicted molar refractivity (Wildman–Crippen MR) is 192 cm³/mol. The highest BCUT2D eigenvalue weighted by Gasteiger charge is 2.37. The van der Waals surface area contributed by atoms with Gasteiger partial charge in [0.2, 0.25) is 11.8 Å². The molecule has 1 aliphatic carbocycles. The second-order valence-electron chi connectivity index (χ2n) is 14.7. The van der Waals surface area contributed by atoms with Crippen LogP contribution in [-0.4, -0.2) is 86.8 Å². The number of carbonyl (C=O) groups excluding carboxylic acids is 2. The van der Waals surface area contributed by atoms with E-state index in [0.29, 0.717) is 44.8 Å². The number of piperazine rings is 1. The Balaban J connectivity index is 1.14. The van der Waals surface area contributed by atoms with Crippen LogP contribution in [0.25, 0.3) is 11.5 Å². The van der Waals surface area contributed by atoms with Crippen molar-refractivity contribution in [1.29, 1.82) is 0 Å². The number of fused-ring (bicyclic) bond motifs is 1. The van der Waals surface area contributed by atoms with E-state index in [0.717, 1.165) is 28.1 Å². The summed E-state index contributed by atoms with van der Waals surface area (Å²) in [6.45, 7) is 8.36. The van der Waals surface area contributed by atoms with Crippen molar-refractivity contribution in [3.05, 3.63) is 114 Å². The maximum absolute atomic E-state index is 13.9. The molecule has 10 nitrogen and oxygen atoms in total. The van der Waals surface area contributed by atoms with E-state index in [1.54, 1.807) is 6.20 Å². The maximum atomic E-state index is 13.9. The average molecular weight is 680 g/mol. The van der Waals surface area contributed by atoms with Crippen molar-refractivity contribution in [3.63, 3.8) is 0 Å². The van der Waals surface area contributed by atoms with Gasteiger partial charge in [-0.15, -0.1) is 0 Å². The third-order valence-electron chi connectivity index (χ3n) is 9.53. The first-order chi connectivity index (χ1) is 24.0. The first-order valence-corrected chi connectivity index (χ1v) is 17.6. The summed E-state index contributed by atoms with van der Waals surface area (Å²) in [6.07, 6.45) is 1.31. The lowest BCUT2D eigenvalue weighted by molar-refractivity contribution is -0.132. The molecule has 0 saturated carbocycles. The lowest BCUT2D eigenvalue weighted by Crippen LogP contribution is -2.61. The SMILES string of the molecule is CC(C)(C)NC(=O)[C@@H]1CN(Cc2ccc(-c3ccccn3)o2)CCN1C[C@@H](O)C[C@H](Cc1ccccc1)C(=O)N[C@H]1c2ccccc2C[C@H]1O. The quantitative estimate of drug-likeness (QED) is 0.176. The Morgan fingerprint density at radius 3 is 2.50 bits per heavy atom. The van der Waals surface area contributed by atoms with Crippen molar-refractivity contribution in [2.75, 3.05) is 26.2 Å². The minimum absolute atomic E-state index is 0.101. The Morgan fingerprint density at radius 1 is 0.980 bits per heavy atom. The number of rotatable bonds is 12. The summed E-state index contributed by atoms with van der Waals surface area (Å²) in [5.41, 5.74) is 3.30. The molecule has 2 aromatic heterocycles. The van der Waals surface area contributed by atoms with E-state index in [9.17, 15) is 19.8 Å². The van der Waals surface area contributed by atoms with Gasteiger partial charge in [-0.3, -0.25) is 24.4 Å². The van der Waals surface area contributed by atoms with Crippen LogP contribution in [0.1, 0.15) is 55.7 Å². The average Bonchev–Trinajstić information content (AvgIpc) is 3.69. The zero-order chi connectivity index (χ0) is 35.3. The Kier molecular flexibility index (Phi) is 11.1. The fraction of sp³-hybridized carbons (Fsp3) is 0.425. The van der Waals surface area contributed by atoms with Crippen LogP contribution in [0.5, 0.6) is 0 Å². The topological polar surface area (TPSA) is 131 Å². The van der Waals surface area contributed by atoms with Crippen LogP contribution in [0.3, 0.4) is 0 Å². The molecule has 5 atom stereocenters. The van der Waals surface area contributed by atoms with Gasteiger partial charge in [-0.1, -0.05) is 60.7 Å². The lowest BCUT2D eigenvalue weighted by atomic mass is 9.91. The highest BCUT2D eigenvalue weighted by Crippen LogP contribution is 2.32. The van der Waals surface area contributed by atoms with E-state index >= 15 is 0 Å². The molecule has 4 N–H and O–H groups in total. The minimum Gasteiger partial charge on any atom is -0.458 e. The van der Waals surface area contributed by atoms with Crippen LogP contribution in [0, 0.1) is 5.92 Å². The van der Waals surface area contributed by atoms with Crippen LogP contribution < -0.4 is 10.6 Å². The minimum atomic E-state index is -0.863. The van der Waals surface area contributed by atoms with Gasteiger partial charge in [-0.2, -0.15) is 0 Å². The van der Waals surface area contributed by atoms with E-state index in [4.69, 9.17) is 4.42 Å². The molecule has 1 fully saturated rings. The van der Waals surface area contributed by atoms with Crippen LogP contribution in [0.15, 0.2) is 95.5 Å². The number of furan rings is 1. The number of amides is 2. The first-order valence-electron chi connectivity index (χ1n) is 17.6. The standard InChI is InChI=1S/C40H49N5O5/c1-40(2,3)43-39(49)34-26-44(25-31-16-17-36(50-31)33-15-9-10-18-41-33)19-20-45(34)24-30(46)22-29(21-27-11-5-4-6-12-27)38(48)42-37-32-14-8-7-13-28(32)23-35(37)47/h4-18,29-30,34-35,37,46-47H,19-26H2,1-3H3,(H,42,48)(H,43,49)/t29-,30-,34-,35+,37-/m0/s1. The van der Waals surface area contributed by atoms with Gasteiger partial charge in [-0.25, -0.2) is 0 Å². The molecule has 1 aliphatic heterocycles. The van der Waals surface area contributed by atoms with Gasteiger partial charge in [0.1, 0.15) is 17.5 Å². The summed E-state index contributed by atoms with van der Waals surface area (Å²) in [6, 6.07) is 26.1. The molecule has 4 aromatic rings. The highest BCUT2D eigenvalue weighted by molar-refractivity contribution is 5.83. The molecule has 50 heavy (non-hydrogen) atoms. The van der Waals surface area contributed by atoms with Gasteiger partial charge < -0.3 is 25.3 Å². The van der Waals surface area contributed by atoms with Crippen LogP contribution in [0.4, 0.5) is 0 Å². The molecule has 3 heterocycles. The Labute approximate surface area is 294 Å². The van der Waals surface area contributed by atoms with Gasteiger partial charge >= 0.3 is 0 Å². The number of hydrogen-bond donors (Lipinski definition) is 4. The van der Waals surface area contributed by atoms with Gasteiger partial charge in [-0.05, 0) is 74.6 Å². The van der Waals surface area contributed by atoms with Gasteiger partial charge in [0.15, 0.2) is 5.76 Å². The summed E-state index contributed by atoms with van der Waals surface area (Å²) in [4.78, 5) is 36.2. The number of benzene rings is 2. The Morgan fingerprint density at radius 2 is 1.74 bits per heavy atom. The number of hydrogen-bond acceptors (Lipinski definition) is 8. The van der Waals surface area contributed by atoms with Gasteiger partial charge in [0, 0.05) is 50.3 Å². The molecule has 1 saturated heterocycles. The molecule has 10 heteroatoms. The molecule has 0 spiro atoms. The molecule has 2 amide bonds. The number of β-amino-alcohol motifs (C(OH)–C–C–N with tert-alkyl or cyclic N) is 1. The summed E-state index contributed by atoms with van der Waals surface area (Å²) >= 11 is 0. The molecule has 2 aliphatic rings. The molecule has 0 unspecified atom stereocenters. The monoisotopic (exact) mass is 679 g/mol. The van der Waals surface area contributed by atoms with Crippen molar-refractivity contribution in [2.45, 2.75) is 76.4 Å². The maximum Gasteiger partial charge on any atom is 0.239 e. The Hall–Kier alpha value is -4.35. The molecular formula is C40H49N5O5. The number of carbonyl (C=O) groups is 2. The first kappa shape index (κ1) is 35.5. The van der Waals surface area contributed by atoms with E-state index < -0.39 is 35.7 Å². The summed E-state index contributed by atoms with van der Waals surface area (Å²) in [5, 5.41) is 28.7. The zero-order valence-corrected chi connectivity index (χ0v) is 29.2. The second kappa shape index (κ2) is 15.7. The molecular weight excluding hydrogens is 630 g/mol. The van der Waals surface area contributed by atoms with E-state index in [1.165, 1.54) is 0 Å². The molecule has 2 aromatic carbocycles. The van der Waals surface area contributed by atoms with Crippen molar-refractivity contribution in [2.24, 2.45) is 5.92 Å². The molecule has 0 bridgehead atoms.